The van der Waals surface area contributed by atoms with Gasteiger partial charge in [-0.05, 0) is 49.4 Å². The van der Waals surface area contributed by atoms with Crippen molar-refractivity contribution in [2.24, 2.45) is 0 Å². The van der Waals surface area contributed by atoms with Crippen LogP contribution in [0.25, 0.3) is 10.2 Å². The number of hydrogen-bond donors (Lipinski definition) is 1. The van der Waals surface area contributed by atoms with Crippen LogP contribution in [-0.4, -0.2) is 36.8 Å². The third-order valence-corrected chi connectivity index (χ3v) is 5.69. The molecular formula is C20H21N3O3S. The number of rotatable bonds is 4. The first-order chi connectivity index (χ1) is 13.2. The maximum absolute atomic E-state index is 12.6. The Morgan fingerprint density at radius 3 is 2.59 bits per heavy atom. The van der Waals surface area contributed by atoms with Crippen molar-refractivity contribution in [1.82, 2.24) is 4.57 Å². The van der Waals surface area contributed by atoms with Gasteiger partial charge in [-0.3, -0.25) is 14.2 Å². The summed E-state index contributed by atoms with van der Waals surface area (Å²) in [6.45, 7) is 5.79. The molecule has 1 fully saturated rings. The third kappa shape index (κ3) is 3.61. The zero-order chi connectivity index (χ0) is 18.8. The minimum atomic E-state index is -0.162. The van der Waals surface area contributed by atoms with Gasteiger partial charge in [0, 0.05) is 36.6 Å². The molecule has 1 N–H and O–H groups in total. The smallest absolute Gasteiger partial charge is 0.308 e. The van der Waals surface area contributed by atoms with Gasteiger partial charge in [-0.25, -0.2) is 0 Å². The molecule has 27 heavy (non-hydrogen) atoms. The molecule has 0 atom stereocenters. The summed E-state index contributed by atoms with van der Waals surface area (Å²) in [6, 6.07) is 13.2. The van der Waals surface area contributed by atoms with Gasteiger partial charge in [-0.1, -0.05) is 11.3 Å². The topological polar surface area (TPSA) is 63.6 Å². The average Bonchev–Trinajstić information content (AvgIpc) is 3.03. The van der Waals surface area contributed by atoms with E-state index >= 15 is 0 Å². The number of hydrogen-bond acceptors (Lipinski definition) is 5. The van der Waals surface area contributed by atoms with Crippen LogP contribution in [0.3, 0.4) is 0 Å². The summed E-state index contributed by atoms with van der Waals surface area (Å²) in [6.07, 6.45) is 0. The van der Waals surface area contributed by atoms with E-state index in [2.05, 4.69) is 10.2 Å². The molecule has 0 unspecified atom stereocenters. The maximum atomic E-state index is 12.6. The standard InChI is InChI=1S/C20H21N3O3S/c1-2-23-17-8-5-15(13-18(17)27-20(23)25)21-19(24)14-3-6-16(7-4-14)22-9-11-26-12-10-22/h3-8,13H,2,9-12H2,1H3,(H,21,24). The Kier molecular flexibility index (Phi) is 4.96. The number of carbonyl (C=O) groups excluding carboxylic acids is 1. The van der Waals surface area contributed by atoms with Gasteiger partial charge in [0.2, 0.25) is 0 Å². The van der Waals surface area contributed by atoms with Crippen LogP contribution >= 0.6 is 11.3 Å². The number of morpholine rings is 1. The molecule has 0 saturated carbocycles. The first-order valence-electron chi connectivity index (χ1n) is 9.03. The summed E-state index contributed by atoms with van der Waals surface area (Å²) in [7, 11) is 0. The highest BCUT2D eigenvalue weighted by Crippen LogP contribution is 2.23. The lowest BCUT2D eigenvalue weighted by molar-refractivity contribution is 0.102. The molecule has 4 rings (SSSR count). The SMILES string of the molecule is CCn1c(=O)sc2cc(NC(=O)c3ccc(N4CCOCC4)cc3)ccc21. The van der Waals surface area contributed by atoms with E-state index in [9.17, 15) is 9.59 Å². The van der Waals surface area contributed by atoms with Crippen LogP contribution in [0.4, 0.5) is 11.4 Å². The first-order valence-corrected chi connectivity index (χ1v) is 9.85. The summed E-state index contributed by atoms with van der Waals surface area (Å²) in [5.74, 6) is -0.162. The molecule has 7 heteroatoms. The van der Waals surface area contributed by atoms with Crippen molar-refractivity contribution < 1.29 is 9.53 Å². The number of aryl methyl sites for hydroxylation is 1. The Hall–Kier alpha value is -2.64. The molecule has 0 aliphatic carbocycles. The molecular weight excluding hydrogens is 362 g/mol. The van der Waals surface area contributed by atoms with Gasteiger partial charge >= 0.3 is 4.87 Å². The molecule has 0 bridgehead atoms. The van der Waals surface area contributed by atoms with E-state index in [-0.39, 0.29) is 10.8 Å². The molecule has 0 radical (unpaired) electrons. The maximum Gasteiger partial charge on any atom is 0.308 e. The van der Waals surface area contributed by atoms with Gasteiger partial charge in [0.1, 0.15) is 0 Å². The molecule has 1 aliphatic heterocycles. The van der Waals surface area contributed by atoms with Crippen LogP contribution in [0.15, 0.2) is 47.3 Å². The zero-order valence-electron chi connectivity index (χ0n) is 15.1. The minimum absolute atomic E-state index is 0.0229. The molecule has 1 aromatic heterocycles. The summed E-state index contributed by atoms with van der Waals surface area (Å²) < 4.78 is 7.98. The molecule has 140 valence electrons. The monoisotopic (exact) mass is 383 g/mol. The molecule has 1 aliphatic rings. The van der Waals surface area contributed by atoms with Gasteiger partial charge in [0.25, 0.3) is 5.91 Å². The van der Waals surface area contributed by atoms with Crippen molar-refractivity contribution in [3.05, 3.63) is 57.7 Å². The summed E-state index contributed by atoms with van der Waals surface area (Å²) in [4.78, 5) is 26.8. The van der Waals surface area contributed by atoms with Gasteiger partial charge in [-0.15, -0.1) is 0 Å². The van der Waals surface area contributed by atoms with E-state index < -0.39 is 0 Å². The fourth-order valence-corrected chi connectivity index (χ4v) is 4.29. The second kappa shape index (κ2) is 7.54. The van der Waals surface area contributed by atoms with E-state index in [1.54, 1.807) is 4.57 Å². The number of ether oxygens (including phenoxy) is 1. The molecule has 2 aromatic carbocycles. The van der Waals surface area contributed by atoms with Crippen molar-refractivity contribution in [2.45, 2.75) is 13.5 Å². The van der Waals surface area contributed by atoms with Crippen LogP contribution in [0.5, 0.6) is 0 Å². The fourth-order valence-electron chi connectivity index (χ4n) is 3.29. The third-order valence-electron chi connectivity index (χ3n) is 4.75. The minimum Gasteiger partial charge on any atom is -0.378 e. The number of carbonyl (C=O) groups is 1. The summed E-state index contributed by atoms with van der Waals surface area (Å²) in [5.41, 5.74) is 3.29. The van der Waals surface area contributed by atoms with Crippen LogP contribution in [-0.2, 0) is 11.3 Å². The van der Waals surface area contributed by atoms with Crippen molar-refractivity contribution in [1.29, 1.82) is 0 Å². The molecule has 6 nitrogen and oxygen atoms in total. The van der Waals surface area contributed by atoms with E-state index in [0.717, 1.165) is 42.2 Å². The van der Waals surface area contributed by atoms with E-state index in [1.807, 2.05) is 49.4 Å². The second-order valence-corrected chi connectivity index (χ2v) is 7.39. The number of amides is 1. The highest BCUT2D eigenvalue weighted by molar-refractivity contribution is 7.16. The highest BCUT2D eigenvalue weighted by Gasteiger charge is 2.13. The predicted molar refractivity (Wildman–Crippen MR) is 109 cm³/mol. The van der Waals surface area contributed by atoms with Crippen molar-refractivity contribution in [3.63, 3.8) is 0 Å². The Balaban J connectivity index is 1.50. The summed E-state index contributed by atoms with van der Waals surface area (Å²) in [5, 5.41) is 2.92. The van der Waals surface area contributed by atoms with Gasteiger partial charge in [0.15, 0.2) is 0 Å². The predicted octanol–water partition coefficient (Wildman–Crippen LogP) is 3.17. The summed E-state index contributed by atoms with van der Waals surface area (Å²) >= 11 is 1.20. The molecule has 1 amide bonds. The van der Waals surface area contributed by atoms with Crippen LogP contribution in [0.1, 0.15) is 17.3 Å². The number of aromatic nitrogens is 1. The van der Waals surface area contributed by atoms with E-state index in [4.69, 9.17) is 4.74 Å². The van der Waals surface area contributed by atoms with Crippen molar-refractivity contribution in [3.8, 4) is 0 Å². The molecule has 3 aromatic rings. The average molecular weight is 383 g/mol. The second-order valence-electron chi connectivity index (χ2n) is 6.40. The molecule has 0 spiro atoms. The van der Waals surface area contributed by atoms with Crippen molar-refractivity contribution >= 4 is 38.8 Å². The fraction of sp³-hybridized carbons (Fsp3) is 0.300. The van der Waals surface area contributed by atoms with Gasteiger partial charge < -0.3 is 15.0 Å². The van der Waals surface area contributed by atoms with Gasteiger partial charge in [-0.2, -0.15) is 0 Å². The van der Waals surface area contributed by atoms with Crippen LogP contribution in [0, 0.1) is 0 Å². The Morgan fingerprint density at radius 1 is 1.15 bits per heavy atom. The van der Waals surface area contributed by atoms with E-state index in [1.165, 1.54) is 11.3 Å². The Labute approximate surface area is 161 Å². The number of anilines is 2. The molecule has 2 heterocycles. The number of nitrogens with zero attached hydrogens (tertiary/aromatic N) is 2. The van der Waals surface area contributed by atoms with Gasteiger partial charge in [0.05, 0.1) is 23.4 Å². The normalized spacial score (nSPS) is 14.5. The first kappa shape index (κ1) is 17.8. The van der Waals surface area contributed by atoms with E-state index in [0.29, 0.717) is 17.8 Å². The lowest BCUT2D eigenvalue weighted by atomic mass is 10.1. The number of fused-ring (bicyclic) bond motifs is 1. The van der Waals surface area contributed by atoms with Crippen LogP contribution < -0.4 is 15.1 Å². The molecule has 1 saturated heterocycles. The van der Waals surface area contributed by atoms with Crippen LogP contribution in [0.2, 0.25) is 0 Å². The van der Waals surface area contributed by atoms with Crippen molar-refractivity contribution in [2.75, 3.05) is 36.5 Å². The Bertz CT molecular complexity index is 1020. The quantitative estimate of drug-likeness (QED) is 0.752. The lowest BCUT2D eigenvalue weighted by Gasteiger charge is -2.28. The highest BCUT2D eigenvalue weighted by atomic mass is 32.1. The lowest BCUT2D eigenvalue weighted by Crippen LogP contribution is -2.36. The number of benzene rings is 2. The largest absolute Gasteiger partial charge is 0.378 e. The Morgan fingerprint density at radius 2 is 1.89 bits per heavy atom. The zero-order valence-corrected chi connectivity index (χ0v) is 15.9. The number of nitrogens with one attached hydrogen (secondary N) is 1. The number of thiazole rings is 1.